The third kappa shape index (κ3) is 3.29. The zero-order valence-electron chi connectivity index (χ0n) is 15.5. The Morgan fingerprint density at radius 3 is 2.77 bits per heavy atom. The normalized spacial score (nSPS) is 11.1. The van der Waals surface area contributed by atoms with Crippen LogP contribution in [0.5, 0.6) is 5.75 Å². The lowest BCUT2D eigenvalue weighted by atomic mass is 10.0. The van der Waals surface area contributed by atoms with Gasteiger partial charge >= 0.3 is 0 Å². The molecule has 0 saturated heterocycles. The number of methoxy groups -OCH3 is 1. The van der Waals surface area contributed by atoms with E-state index in [1.165, 1.54) is 11.3 Å². The molecule has 0 atom stereocenters. The SMILES string of the molecule is CCc1nc2sc(C)c(-c3cccc(OC)c3)c2c(=O)n1CCC(C)=O. The monoisotopic (exact) mass is 370 g/mol. The van der Waals surface area contributed by atoms with E-state index in [0.29, 0.717) is 24.8 Å². The lowest BCUT2D eigenvalue weighted by Crippen LogP contribution is -2.26. The number of nitrogens with zero attached hydrogens (tertiary/aromatic N) is 2. The Labute approximate surface area is 156 Å². The maximum atomic E-state index is 13.3. The molecule has 0 N–H and O–H groups in total. The van der Waals surface area contributed by atoms with Crippen LogP contribution in [0.4, 0.5) is 0 Å². The largest absolute Gasteiger partial charge is 0.497 e. The molecule has 0 aliphatic rings. The second kappa shape index (κ2) is 7.41. The summed E-state index contributed by atoms with van der Waals surface area (Å²) in [7, 11) is 1.63. The number of aromatic nitrogens is 2. The molecule has 1 aromatic carbocycles. The summed E-state index contributed by atoms with van der Waals surface area (Å²) in [6.07, 6.45) is 0.978. The fourth-order valence-electron chi connectivity index (χ4n) is 3.13. The van der Waals surface area contributed by atoms with Crippen molar-refractivity contribution in [2.24, 2.45) is 0 Å². The predicted molar refractivity (Wildman–Crippen MR) is 105 cm³/mol. The number of Topliss-reactive ketones (excluding diaryl/α,β-unsaturated/α-hetero) is 1. The highest BCUT2D eigenvalue weighted by Crippen LogP contribution is 2.37. The first-order chi connectivity index (χ1) is 12.5. The van der Waals surface area contributed by atoms with Crippen molar-refractivity contribution in [2.45, 2.75) is 40.2 Å². The summed E-state index contributed by atoms with van der Waals surface area (Å²) < 4.78 is 6.98. The zero-order chi connectivity index (χ0) is 18.8. The number of hydrogen-bond acceptors (Lipinski definition) is 5. The number of carbonyl (C=O) groups excluding carboxylic acids is 1. The predicted octanol–water partition coefficient (Wildman–Crippen LogP) is 3.98. The van der Waals surface area contributed by atoms with Crippen LogP contribution in [0.3, 0.4) is 0 Å². The van der Waals surface area contributed by atoms with Gasteiger partial charge in [0, 0.05) is 29.8 Å². The fraction of sp³-hybridized carbons (Fsp3) is 0.350. The Morgan fingerprint density at radius 2 is 2.12 bits per heavy atom. The molecule has 2 aromatic heterocycles. The van der Waals surface area contributed by atoms with Crippen molar-refractivity contribution in [1.29, 1.82) is 0 Å². The number of thiophene rings is 1. The van der Waals surface area contributed by atoms with E-state index in [0.717, 1.165) is 32.4 Å². The van der Waals surface area contributed by atoms with Gasteiger partial charge in [-0.2, -0.15) is 0 Å². The van der Waals surface area contributed by atoms with Gasteiger partial charge in [-0.15, -0.1) is 11.3 Å². The topological polar surface area (TPSA) is 61.2 Å². The summed E-state index contributed by atoms with van der Waals surface area (Å²) in [5.41, 5.74) is 1.77. The minimum Gasteiger partial charge on any atom is -0.497 e. The molecule has 3 rings (SSSR count). The van der Waals surface area contributed by atoms with E-state index in [1.807, 2.05) is 38.1 Å². The smallest absolute Gasteiger partial charge is 0.262 e. The van der Waals surface area contributed by atoms with Gasteiger partial charge in [0.15, 0.2) is 0 Å². The Bertz CT molecular complexity index is 1030. The number of ether oxygens (including phenoxy) is 1. The lowest BCUT2D eigenvalue weighted by Gasteiger charge is -2.11. The summed E-state index contributed by atoms with van der Waals surface area (Å²) in [5.74, 6) is 1.53. The molecule has 0 saturated carbocycles. The molecule has 2 heterocycles. The lowest BCUT2D eigenvalue weighted by molar-refractivity contribution is -0.117. The molecule has 5 nitrogen and oxygen atoms in total. The number of fused-ring (bicyclic) bond motifs is 1. The molecule has 0 radical (unpaired) electrons. The highest BCUT2D eigenvalue weighted by molar-refractivity contribution is 7.19. The number of benzene rings is 1. The Morgan fingerprint density at radius 1 is 1.35 bits per heavy atom. The maximum Gasteiger partial charge on any atom is 0.262 e. The van der Waals surface area contributed by atoms with Crippen LogP contribution < -0.4 is 10.3 Å². The number of hydrogen-bond donors (Lipinski definition) is 0. The van der Waals surface area contributed by atoms with Crippen molar-refractivity contribution >= 4 is 27.3 Å². The summed E-state index contributed by atoms with van der Waals surface area (Å²) in [5, 5.41) is 0.626. The number of carbonyl (C=O) groups is 1. The molecule has 136 valence electrons. The van der Waals surface area contributed by atoms with Gasteiger partial charge in [0.1, 0.15) is 22.2 Å². The van der Waals surface area contributed by atoms with Crippen LogP contribution in [0.1, 0.15) is 31.0 Å². The molecule has 0 spiro atoms. The van der Waals surface area contributed by atoms with E-state index in [9.17, 15) is 9.59 Å². The fourth-order valence-corrected chi connectivity index (χ4v) is 4.19. The molecule has 3 aromatic rings. The minimum atomic E-state index is -0.0738. The van der Waals surface area contributed by atoms with Gasteiger partial charge in [0.2, 0.25) is 0 Å². The van der Waals surface area contributed by atoms with Gasteiger partial charge < -0.3 is 4.74 Å². The average Bonchev–Trinajstić information content (AvgIpc) is 2.96. The van der Waals surface area contributed by atoms with Crippen molar-refractivity contribution in [3.63, 3.8) is 0 Å². The second-order valence-electron chi connectivity index (χ2n) is 6.24. The van der Waals surface area contributed by atoms with Gasteiger partial charge in [-0.25, -0.2) is 4.98 Å². The Hall–Kier alpha value is -2.47. The van der Waals surface area contributed by atoms with Crippen molar-refractivity contribution in [1.82, 2.24) is 9.55 Å². The summed E-state index contributed by atoms with van der Waals surface area (Å²) in [4.78, 5) is 31.2. The quantitative estimate of drug-likeness (QED) is 0.658. The first kappa shape index (κ1) is 18.3. The average molecular weight is 370 g/mol. The first-order valence-corrected chi connectivity index (χ1v) is 9.44. The zero-order valence-corrected chi connectivity index (χ0v) is 16.3. The van der Waals surface area contributed by atoms with E-state index >= 15 is 0 Å². The first-order valence-electron chi connectivity index (χ1n) is 8.63. The van der Waals surface area contributed by atoms with Crippen LogP contribution in [0.2, 0.25) is 0 Å². The number of aryl methyl sites for hydroxylation is 2. The van der Waals surface area contributed by atoms with Gasteiger partial charge in [0.05, 0.1) is 12.5 Å². The van der Waals surface area contributed by atoms with Crippen LogP contribution in [-0.2, 0) is 17.8 Å². The third-order valence-electron chi connectivity index (χ3n) is 4.43. The van der Waals surface area contributed by atoms with Crippen molar-refractivity contribution in [3.8, 4) is 16.9 Å². The Kier molecular flexibility index (Phi) is 5.23. The molecule has 0 unspecified atom stereocenters. The Balaban J connectivity index is 2.27. The van der Waals surface area contributed by atoms with Crippen molar-refractivity contribution in [2.75, 3.05) is 7.11 Å². The highest BCUT2D eigenvalue weighted by atomic mass is 32.1. The van der Waals surface area contributed by atoms with E-state index < -0.39 is 0 Å². The second-order valence-corrected chi connectivity index (χ2v) is 7.44. The molecule has 26 heavy (non-hydrogen) atoms. The minimum absolute atomic E-state index is 0.0635. The van der Waals surface area contributed by atoms with Crippen LogP contribution in [-0.4, -0.2) is 22.4 Å². The summed E-state index contributed by atoms with van der Waals surface area (Å²) in [6, 6.07) is 7.71. The molecule has 0 aliphatic carbocycles. The molecular formula is C20H22N2O3S. The van der Waals surface area contributed by atoms with Crippen LogP contribution in [0, 0.1) is 6.92 Å². The van der Waals surface area contributed by atoms with Gasteiger partial charge in [-0.05, 0) is 31.5 Å². The third-order valence-corrected chi connectivity index (χ3v) is 5.43. The van der Waals surface area contributed by atoms with Crippen LogP contribution in [0.15, 0.2) is 29.1 Å². The van der Waals surface area contributed by atoms with Crippen molar-refractivity contribution < 1.29 is 9.53 Å². The number of ketones is 1. The highest BCUT2D eigenvalue weighted by Gasteiger charge is 2.19. The van der Waals surface area contributed by atoms with Crippen LogP contribution in [0.25, 0.3) is 21.3 Å². The molecule has 0 bridgehead atoms. The van der Waals surface area contributed by atoms with E-state index in [1.54, 1.807) is 18.6 Å². The molecule has 6 heteroatoms. The van der Waals surface area contributed by atoms with Crippen molar-refractivity contribution in [3.05, 3.63) is 45.3 Å². The van der Waals surface area contributed by atoms with E-state index in [2.05, 4.69) is 0 Å². The van der Waals surface area contributed by atoms with Gasteiger partial charge in [-0.3, -0.25) is 14.2 Å². The molecule has 0 fully saturated rings. The van der Waals surface area contributed by atoms with E-state index in [-0.39, 0.29) is 11.3 Å². The van der Waals surface area contributed by atoms with Crippen LogP contribution >= 0.6 is 11.3 Å². The number of rotatable bonds is 6. The standard InChI is InChI=1S/C20H22N2O3S/c1-5-16-21-19-18(20(24)22(16)10-9-12(2)23)17(13(3)26-19)14-7-6-8-15(11-14)25-4/h6-8,11H,5,9-10H2,1-4H3. The molecule has 0 amide bonds. The summed E-state index contributed by atoms with van der Waals surface area (Å²) in [6.45, 7) is 5.89. The van der Waals surface area contributed by atoms with Gasteiger partial charge in [0.25, 0.3) is 5.56 Å². The molecular weight excluding hydrogens is 348 g/mol. The summed E-state index contributed by atoms with van der Waals surface area (Å²) >= 11 is 1.53. The maximum absolute atomic E-state index is 13.3. The van der Waals surface area contributed by atoms with Gasteiger partial charge in [-0.1, -0.05) is 19.1 Å². The van der Waals surface area contributed by atoms with E-state index in [4.69, 9.17) is 9.72 Å². The molecule has 0 aliphatic heterocycles.